The van der Waals surface area contributed by atoms with E-state index in [0.717, 1.165) is 18.0 Å². The van der Waals surface area contributed by atoms with Gasteiger partial charge in [-0.3, -0.25) is 0 Å². The molecule has 0 spiro atoms. The highest BCUT2D eigenvalue weighted by atomic mass is 127. The van der Waals surface area contributed by atoms with Gasteiger partial charge >= 0.3 is 0 Å². The summed E-state index contributed by atoms with van der Waals surface area (Å²) < 4.78 is 6.74. The van der Waals surface area contributed by atoms with Gasteiger partial charge in [-0.15, -0.1) is 0 Å². The number of benzene rings is 2. The highest BCUT2D eigenvalue weighted by Gasteiger charge is 1.98. The third-order valence-electron chi connectivity index (χ3n) is 2.96. The standard InChI is InChI=1S/C17H18INO/c1-3-10-20-16-8-5-14(6-9-16)12-19-15-7-4-13(2)17(18)11-15/h3-9,11,19H,1,10,12H2,2H3. The van der Waals surface area contributed by atoms with Crippen molar-refractivity contribution in [3.8, 4) is 5.75 Å². The van der Waals surface area contributed by atoms with Crippen molar-refractivity contribution >= 4 is 28.3 Å². The van der Waals surface area contributed by atoms with Crippen LogP contribution in [0.2, 0.25) is 0 Å². The van der Waals surface area contributed by atoms with Crippen molar-refractivity contribution in [1.82, 2.24) is 0 Å². The molecule has 20 heavy (non-hydrogen) atoms. The molecule has 0 saturated heterocycles. The van der Waals surface area contributed by atoms with Gasteiger partial charge in [0.25, 0.3) is 0 Å². The molecule has 0 amide bonds. The Morgan fingerprint density at radius 1 is 1.20 bits per heavy atom. The Hall–Kier alpha value is -1.49. The quantitative estimate of drug-likeness (QED) is 0.576. The van der Waals surface area contributed by atoms with E-state index in [1.807, 2.05) is 12.1 Å². The largest absolute Gasteiger partial charge is 0.490 e. The molecule has 3 heteroatoms. The lowest BCUT2D eigenvalue weighted by molar-refractivity contribution is 0.363. The van der Waals surface area contributed by atoms with Crippen LogP contribution in [0.4, 0.5) is 5.69 Å². The summed E-state index contributed by atoms with van der Waals surface area (Å²) in [7, 11) is 0. The van der Waals surface area contributed by atoms with E-state index < -0.39 is 0 Å². The Morgan fingerprint density at radius 3 is 2.60 bits per heavy atom. The summed E-state index contributed by atoms with van der Waals surface area (Å²) in [6.07, 6.45) is 1.74. The summed E-state index contributed by atoms with van der Waals surface area (Å²) >= 11 is 2.36. The Morgan fingerprint density at radius 2 is 1.95 bits per heavy atom. The molecular weight excluding hydrogens is 361 g/mol. The topological polar surface area (TPSA) is 21.3 Å². The number of hydrogen-bond donors (Lipinski definition) is 1. The normalized spacial score (nSPS) is 10.1. The fourth-order valence-corrected chi connectivity index (χ4v) is 2.28. The highest BCUT2D eigenvalue weighted by molar-refractivity contribution is 14.1. The molecule has 2 nitrogen and oxygen atoms in total. The predicted molar refractivity (Wildman–Crippen MR) is 93.4 cm³/mol. The van der Waals surface area contributed by atoms with E-state index in [0.29, 0.717) is 6.61 Å². The van der Waals surface area contributed by atoms with Crippen LogP contribution in [0.25, 0.3) is 0 Å². The van der Waals surface area contributed by atoms with Crippen molar-refractivity contribution in [3.63, 3.8) is 0 Å². The molecule has 104 valence electrons. The summed E-state index contributed by atoms with van der Waals surface area (Å²) in [6, 6.07) is 14.5. The van der Waals surface area contributed by atoms with Gasteiger partial charge in [-0.2, -0.15) is 0 Å². The molecule has 1 N–H and O–H groups in total. The van der Waals surface area contributed by atoms with E-state index in [-0.39, 0.29) is 0 Å². The van der Waals surface area contributed by atoms with Gasteiger partial charge in [0.15, 0.2) is 0 Å². The molecule has 0 atom stereocenters. The molecule has 0 unspecified atom stereocenters. The Bertz CT molecular complexity index is 578. The second kappa shape index (κ2) is 7.33. The monoisotopic (exact) mass is 379 g/mol. The van der Waals surface area contributed by atoms with Crippen molar-refractivity contribution in [1.29, 1.82) is 0 Å². The first kappa shape index (κ1) is 14.9. The summed E-state index contributed by atoms with van der Waals surface area (Å²) in [5.74, 6) is 0.874. The Labute approximate surface area is 134 Å². The second-order valence-corrected chi connectivity index (χ2v) is 5.72. The highest BCUT2D eigenvalue weighted by Crippen LogP contribution is 2.18. The molecule has 0 heterocycles. The van der Waals surface area contributed by atoms with Crippen molar-refractivity contribution in [2.75, 3.05) is 11.9 Å². The first-order valence-electron chi connectivity index (χ1n) is 6.51. The van der Waals surface area contributed by atoms with E-state index in [1.54, 1.807) is 6.08 Å². The van der Waals surface area contributed by atoms with Crippen LogP contribution in [0.3, 0.4) is 0 Å². The van der Waals surface area contributed by atoms with Gasteiger partial charge in [-0.05, 0) is 64.9 Å². The Balaban J connectivity index is 1.93. The number of ether oxygens (including phenoxy) is 1. The van der Waals surface area contributed by atoms with Gasteiger partial charge in [0.1, 0.15) is 12.4 Å². The number of anilines is 1. The molecule has 0 radical (unpaired) electrons. The maximum atomic E-state index is 5.46. The van der Waals surface area contributed by atoms with Crippen molar-refractivity contribution in [2.24, 2.45) is 0 Å². The zero-order valence-electron chi connectivity index (χ0n) is 11.5. The smallest absolute Gasteiger partial charge is 0.119 e. The molecule has 2 rings (SSSR count). The fraction of sp³-hybridized carbons (Fsp3) is 0.176. The number of aryl methyl sites for hydroxylation is 1. The van der Waals surface area contributed by atoms with Gasteiger partial charge < -0.3 is 10.1 Å². The lowest BCUT2D eigenvalue weighted by atomic mass is 10.2. The van der Waals surface area contributed by atoms with Crippen LogP contribution in [0, 0.1) is 10.5 Å². The van der Waals surface area contributed by atoms with Crippen LogP contribution in [0.1, 0.15) is 11.1 Å². The van der Waals surface area contributed by atoms with Gasteiger partial charge in [0.05, 0.1) is 0 Å². The number of halogens is 1. The third kappa shape index (κ3) is 4.27. The minimum atomic E-state index is 0.541. The summed E-state index contributed by atoms with van der Waals surface area (Å²) in [5, 5.41) is 3.43. The van der Waals surface area contributed by atoms with Crippen LogP contribution in [0.5, 0.6) is 5.75 Å². The molecular formula is C17H18INO. The number of nitrogens with one attached hydrogen (secondary N) is 1. The lowest BCUT2D eigenvalue weighted by Gasteiger charge is -2.09. The van der Waals surface area contributed by atoms with Crippen LogP contribution in [0.15, 0.2) is 55.1 Å². The zero-order chi connectivity index (χ0) is 14.4. The average Bonchev–Trinajstić information content (AvgIpc) is 2.47. The van der Waals surface area contributed by atoms with Crippen molar-refractivity contribution in [2.45, 2.75) is 13.5 Å². The van der Waals surface area contributed by atoms with E-state index in [9.17, 15) is 0 Å². The summed E-state index contributed by atoms with van der Waals surface area (Å²) in [6.45, 7) is 7.10. The second-order valence-electron chi connectivity index (χ2n) is 4.56. The molecule has 0 aliphatic rings. The first-order chi connectivity index (χ1) is 9.69. The number of rotatable bonds is 6. The summed E-state index contributed by atoms with van der Waals surface area (Å²) in [5.41, 5.74) is 3.68. The molecule has 0 aliphatic carbocycles. The van der Waals surface area contributed by atoms with Crippen molar-refractivity contribution < 1.29 is 4.74 Å². The van der Waals surface area contributed by atoms with Gasteiger partial charge in [0, 0.05) is 15.8 Å². The lowest BCUT2D eigenvalue weighted by Crippen LogP contribution is -2.00. The molecule has 2 aromatic rings. The third-order valence-corrected chi connectivity index (χ3v) is 4.12. The van der Waals surface area contributed by atoms with Gasteiger partial charge in [-0.1, -0.05) is 30.9 Å². The van der Waals surface area contributed by atoms with E-state index in [4.69, 9.17) is 4.74 Å². The van der Waals surface area contributed by atoms with E-state index >= 15 is 0 Å². The minimum Gasteiger partial charge on any atom is -0.490 e. The van der Waals surface area contributed by atoms with Crippen molar-refractivity contribution in [3.05, 3.63) is 69.8 Å². The van der Waals surface area contributed by atoms with Gasteiger partial charge in [0.2, 0.25) is 0 Å². The predicted octanol–water partition coefficient (Wildman–Crippen LogP) is 4.78. The van der Waals surface area contributed by atoms with Crippen LogP contribution in [-0.4, -0.2) is 6.61 Å². The van der Waals surface area contributed by atoms with Gasteiger partial charge in [-0.25, -0.2) is 0 Å². The van der Waals surface area contributed by atoms with E-state index in [2.05, 4.69) is 71.7 Å². The molecule has 2 aromatic carbocycles. The molecule has 0 saturated carbocycles. The maximum absolute atomic E-state index is 5.46. The SMILES string of the molecule is C=CCOc1ccc(CNc2ccc(C)c(I)c2)cc1. The molecule has 0 aliphatic heterocycles. The first-order valence-corrected chi connectivity index (χ1v) is 7.59. The number of hydrogen-bond acceptors (Lipinski definition) is 2. The maximum Gasteiger partial charge on any atom is 0.119 e. The Kier molecular flexibility index (Phi) is 5.47. The minimum absolute atomic E-state index is 0.541. The fourth-order valence-electron chi connectivity index (χ4n) is 1.77. The van der Waals surface area contributed by atoms with Crippen LogP contribution < -0.4 is 10.1 Å². The zero-order valence-corrected chi connectivity index (χ0v) is 13.7. The molecule has 0 aromatic heterocycles. The average molecular weight is 379 g/mol. The molecule has 0 fully saturated rings. The van der Waals surface area contributed by atoms with Crippen LogP contribution >= 0.6 is 22.6 Å². The summed E-state index contributed by atoms with van der Waals surface area (Å²) in [4.78, 5) is 0. The molecule has 0 bridgehead atoms. The van der Waals surface area contributed by atoms with E-state index in [1.165, 1.54) is 14.7 Å². The van der Waals surface area contributed by atoms with Crippen LogP contribution in [-0.2, 0) is 6.54 Å².